The van der Waals surface area contributed by atoms with Gasteiger partial charge in [0.2, 0.25) is 0 Å². The van der Waals surface area contributed by atoms with Crippen molar-refractivity contribution < 1.29 is 8.78 Å². The molecule has 0 aliphatic rings. The molecule has 0 aliphatic heterocycles. The number of nitrogens with one attached hydrogen (secondary N) is 1. The third kappa shape index (κ3) is 2.03. The molecule has 0 bridgehead atoms. The summed E-state index contributed by atoms with van der Waals surface area (Å²) in [6.45, 7) is 0. The van der Waals surface area contributed by atoms with Crippen molar-refractivity contribution in [1.29, 1.82) is 0 Å². The molecule has 1 aromatic carbocycles. The van der Waals surface area contributed by atoms with Crippen molar-refractivity contribution in [2.24, 2.45) is 7.05 Å². The Morgan fingerprint density at radius 2 is 1.85 bits per heavy atom. The van der Waals surface area contributed by atoms with Crippen LogP contribution in [0.5, 0.6) is 0 Å². The lowest BCUT2D eigenvalue weighted by Crippen LogP contribution is -1.91. The molecule has 7 heteroatoms. The molecule has 0 unspecified atom stereocenters. The van der Waals surface area contributed by atoms with Crippen molar-refractivity contribution in [2.45, 2.75) is 0 Å². The van der Waals surface area contributed by atoms with E-state index in [0.29, 0.717) is 16.8 Å². The highest BCUT2D eigenvalue weighted by Gasteiger charge is 2.17. The minimum Gasteiger partial charge on any atom is -0.382 e. The first-order valence-corrected chi connectivity index (χ1v) is 5.84. The van der Waals surface area contributed by atoms with Gasteiger partial charge in [-0.25, -0.2) is 8.78 Å². The number of rotatable bonds is 2. The number of aryl methyl sites for hydroxylation is 1. The van der Waals surface area contributed by atoms with Gasteiger partial charge in [-0.1, -0.05) is 0 Å². The maximum atomic E-state index is 13.4. The molecule has 0 spiro atoms. The van der Waals surface area contributed by atoms with Crippen LogP contribution in [-0.4, -0.2) is 20.0 Å². The van der Waals surface area contributed by atoms with E-state index in [-0.39, 0.29) is 5.82 Å². The Balaban J connectivity index is 2.21. The first kappa shape index (κ1) is 12.3. The average molecular weight is 275 g/mol. The molecule has 0 saturated heterocycles. The first-order valence-electron chi connectivity index (χ1n) is 5.84. The fraction of sp³-hybridized carbons (Fsp3) is 0.0769. The molecule has 0 fully saturated rings. The van der Waals surface area contributed by atoms with Crippen LogP contribution in [0.1, 0.15) is 0 Å². The monoisotopic (exact) mass is 275 g/mol. The van der Waals surface area contributed by atoms with Gasteiger partial charge in [0.25, 0.3) is 0 Å². The van der Waals surface area contributed by atoms with Crippen LogP contribution in [0.4, 0.5) is 14.6 Å². The second-order valence-electron chi connectivity index (χ2n) is 4.42. The van der Waals surface area contributed by atoms with Gasteiger partial charge in [-0.3, -0.25) is 9.78 Å². The molecule has 3 N–H and O–H groups in total. The summed E-state index contributed by atoms with van der Waals surface area (Å²) in [6.07, 6.45) is 3.37. The third-order valence-corrected chi connectivity index (χ3v) is 2.94. The van der Waals surface area contributed by atoms with Crippen molar-refractivity contribution in [3.8, 4) is 22.4 Å². The summed E-state index contributed by atoms with van der Waals surface area (Å²) < 4.78 is 28.3. The Morgan fingerprint density at radius 1 is 1.15 bits per heavy atom. The molecule has 2 aromatic heterocycles. The van der Waals surface area contributed by atoms with E-state index in [2.05, 4.69) is 15.3 Å². The molecule has 0 saturated carbocycles. The van der Waals surface area contributed by atoms with E-state index in [9.17, 15) is 8.78 Å². The minimum atomic E-state index is -0.669. The number of halogens is 2. The van der Waals surface area contributed by atoms with Crippen LogP contribution in [0.25, 0.3) is 22.4 Å². The summed E-state index contributed by atoms with van der Waals surface area (Å²) >= 11 is 0. The number of benzene rings is 1. The fourth-order valence-electron chi connectivity index (χ4n) is 2.11. The predicted molar refractivity (Wildman–Crippen MR) is 70.6 cm³/mol. The second-order valence-corrected chi connectivity index (χ2v) is 4.42. The van der Waals surface area contributed by atoms with E-state index >= 15 is 0 Å². The van der Waals surface area contributed by atoms with Crippen molar-refractivity contribution >= 4 is 5.82 Å². The van der Waals surface area contributed by atoms with E-state index in [0.717, 1.165) is 11.6 Å². The van der Waals surface area contributed by atoms with E-state index in [1.807, 2.05) is 0 Å². The van der Waals surface area contributed by atoms with Gasteiger partial charge in [0.05, 0.1) is 17.5 Å². The highest BCUT2D eigenvalue weighted by atomic mass is 19.1. The van der Waals surface area contributed by atoms with Gasteiger partial charge in [0, 0.05) is 24.9 Å². The van der Waals surface area contributed by atoms with Crippen molar-refractivity contribution in [2.75, 3.05) is 5.73 Å². The molecule has 102 valence electrons. The zero-order chi connectivity index (χ0) is 14.3. The summed E-state index contributed by atoms with van der Waals surface area (Å²) in [5, 5.41) is 10.7. The molecule has 3 aromatic rings. The third-order valence-electron chi connectivity index (χ3n) is 2.94. The Labute approximate surface area is 113 Å². The number of aromatic nitrogens is 4. The molecule has 2 heterocycles. The quantitative estimate of drug-likeness (QED) is 0.754. The maximum Gasteiger partial charge on any atom is 0.153 e. The Hall–Kier alpha value is -2.70. The number of nitrogen functional groups attached to an aromatic ring is 1. The molecular formula is C13H11F2N5. The number of aromatic amines is 1. The van der Waals surface area contributed by atoms with Gasteiger partial charge in [-0.05, 0) is 17.7 Å². The van der Waals surface area contributed by atoms with Gasteiger partial charge in [0.15, 0.2) is 5.82 Å². The molecule has 20 heavy (non-hydrogen) atoms. The zero-order valence-corrected chi connectivity index (χ0v) is 10.6. The summed E-state index contributed by atoms with van der Waals surface area (Å²) in [5.74, 6) is -1.16. The number of nitrogens with two attached hydrogens (primary N) is 1. The lowest BCUT2D eigenvalue weighted by Gasteiger charge is -2.03. The topological polar surface area (TPSA) is 72.5 Å². The van der Waals surface area contributed by atoms with Gasteiger partial charge < -0.3 is 5.73 Å². The van der Waals surface area contributed by atoms with Crippen LogP contribution in [0.3, 0.4) is 0 Å². The largest absolute Gasteiger partial charge is 0.382 e. The van der Waals surface area contributed by atoms with Crippen molar-refractivity contribution in [3.05, 3.63) is 42.2 Å². The summed E-state index contributed by atoms with van der Waals surface area (Å²) in [6, 6.07) is 3.23. The smallest absolute Gasteiger partial charge is 0.153 e. The van der Waals surface area contributed by atoms with E-state index < -0.39 is 11.6 Å². The lowest BCUT2D eigenvalue weighted by molar-refractivity contribution is 0.584. The Morgan fingerprint density at radius 3 is 2.45 bits per heavy atom. The van der Waals surface area contributed by atoms with E-state index in [4.69, 9.17) is 5.73 Å². The number of hydrogen-bond acceptors (Lipinski definition) is 3. The molecular weight excluding hydrogens is 264 g/mol. The molecule has 0 aliphatic carbocycles. The summed E-state index contributed by atoms with van der Waals surface area (Å²) in [4.78, 5) is 0. The molecule has 5 nitrogen and oxygen atoms in total. The number of anilines is 1. The molecule has 0 amide bonds. The predicted octanol–water partition coefficient (Wildman–Crippen LogP) is 2.34. The average Bonchev–Trinajstić information content (AvgIpc) is 2.94. The van der Waals surface area contributed by atoms with Gasteiger partial charge in [-0.2, -0.15) is 10.2 Å². The van der Waals surface area contributed by atoms with Crippen LogP contribution in [-0.2, 0) is 7.05 Å². The van der Waals surface area contributed by atoms with E-state index in [1.165, 1.54) is 12.1 Å². The SMILES string of the molecule is Cn1cc(-c2[nH]nc(N)c2-c2cc(F)cc(F)c2)cn1. The second kappa shape index (κ2) is 4.44. The van der Waals surface area contributed by atoms with Gasteiger partial charge in [0.1, 0.15) is 11.6 Å². The Kier molecular flexibility index (Phi) is 2.74. The van der Waals surface area contributed by atoms with Crippen molar-refractivity contribution in [1.82, 2.24) is 20.0 Å². The highest BCUT2D eigenvalue weighted by molar-refractivity contribution is 5.87. The lowest BCUT2D eigenvalue weighted by atomic mass is 10.0. The number of nitrogens with zero attached hydrogens (tertiary/aromatic N) is 3. The molecule has 3 rings (SSSR count). The number of hydrogen-bond donors (Lipinski definition) is 2. The minimum absolute atomic E-state index is 0.175. The maximum absolute atomic E-state index is 13.4. The summed E-state index contributed by atoms with van der Waals surface area (Å²) in [7, 11) is 1.77. The van der Waals surface area contributed by atoms with Crippen LogP contribution >= 0.6 is 0 Å². The summed E-state index contributed by atoms with van der Waals surface area (Å²) in [5.41, 5.74) is 7.89. The first-order chi connectivity index (χ1) is 9.54. The normalized spacial score (nSPS) is 10.9. The number of H-pyrrole nitrogens is 1. The Bertz CT molecular complexity index is 755. The highest BCUT2D eigenvalue weighted by Crippen LogP contribution is 2.35. The van der Waals surface area contributed by atoms with Gasteiger partial charge in [-0.15, -0.1) is 0 Å². The zero-order valence-electron chi connectivity index (χ0n) is 10.6. The molecule has 0 radical (unpaired) electrons. The standard InChI is InChI=1S/C13H11F2N5/c1-20-6-8(5-17-20)12-11(13(16)19-18-12)7-2-9(14)4-10(15)3-7/h2-6H,1H3,(H3,16,18,19). The van der Waals surface area contributed by atoms with Crippen LogP contribution in [0.2, 0.25) is 0 Å². The van der Waals surface area contributed by atoms with Crippen molar-refractivity contribution in [3.63, 3.8) is 0 Å². The van der Waals surface area contributed by atoms with Crippen LogP contribution in [0, 0.1) is 11.6 Å². The van der Waals surface area contributed by atoms with Crippen LogP contribution < -0.4 is 5.73 Å². The van der Waals surface area contributed by atoms with Crippen LogP contribution in [0.15, 0.2) is 30.6 Å². The van der Waals surface area contributed by atoms with Gasteiger partial charge >= 0.3 is 0 Å². The molecule has 0 atom stereocenters. The van der Waals surface area contributed by atoms with E-state index in [1.54, 1.807) is 24.1 Å². The fourth-order valence-corrected chi connectivity index (χ4v) is 2.11.